The molecular weight excluding hydrogens is 286 g/mol. The number of hydrogen-bond donors (Lipinski definition) is 0. The van der Waals surface area contributed by atoms with Crippen molar-refractivity contribution in [2.24, 2.45) is 0 Å². The number of amides is 1. The summed E-state index contributed by atoms with van der Waals surface area (Å²) in [5.74, 6) is -0.110. The molecule has 0 bridgehead atoms. The predicted octanol–water partition coefficient (Wildman–Crippen LogP) is 3.65. The second-order valence-corrected chi connectivity index (χ2v) is 5.19. The standard InChI is InChI=1S/C19H17N3O/c1-3-22(14(2)17-9-7-15(12-20)8-10-17)19(23)18-6-4-5-16(11-18)13-21/h4-11,14H,3H2,1-2H3. The zero-order valence-corrected chi connectivity index (χ0v) is 13.2. The summed E-state index contributed by atoms with van der Waals surface area (Å²) in [6, 6.07) is 18.0. The Morgan fingerprint density at radius 3 is 2.30 bits per heavy atom. The van der Waals surface area contributed by atoms with Gasteiger partial charge in [0.2, 0.25) is 0 Å². The molecule has 2 rings (SSSR count). The Morgan fingerprint density at radius 2 is 1.74 bits per heavy atom. The summed E-state index contributed by atoms with van der Waals surface area (Å²) >= 11 is 0. The van der Waals surface area contributed by atoms with Gasteiger partial charge in [0, 0.05) is 12.1 Å². The van der Waals surface area contributed by atoms with E-state index in [9.17, 15) is 4.79 Å². The number of rotatable bonds is 4. The van der Waals surface area contributed by atoms with Crippen LogP contribution in [-0.2, 0) is 0 Å². The Bertz CT molecular complexity index is 781. The van der Waals surface area contributed by atoms with Crippen LogP contribution in [0.2, 0.25) is 0 Å². The monoisotopic (exact) mass is 303 g/mol. The highest BCUT2D eigenvalue weighted by molar-refractivity contribution is 5.94. The fraction of sp³-hybridized carbons (Fsp3) is 0.211. The van der Waals surface area contributed by atoms with E-state index in [1.54, 1.807) is 41.3 Å². The van der Waals surface area contributed by atoms with Crippen molar-refractivity contribution < 1.29 is 4.79 Å². The molecular formula is C19H17N3O. The van der Waals surface area contributed by atoms with Gasteiger partial charge >= 0.3 is 0 Å². The van der Waals surface area contributed by atoms with Gasteiger partial charge in [-0.15, -0.1) is 0 Å². The molecule has 0 aliphatic rings. The van der Waals surface area contributed by atoms with Crippen LogP contribution >= 0.6 is 0 Å². The van der Waals surface area contributed by atoms with Crippen molar-refractivity contribution >= 4 is 5.91 Å². The van der Waals surface area contributed by atoms with Gasteiger partial charge in [-0.25, -0.2) is 0 Å². The van der Waals surface area contributed by atoms with Gasteiger partial charge < -0.3 is 4.90 Å². The first-order valence-electron chi connectivity index (χ1n) is 7.42. The van der Waals surface area contributed by atoms with Gasteiger partial charge in [-0.2, -0.15) is 10.5 Å². The Balaban J connectivity index is 2.28. The maximum absolute atomic E-state index is 12.7. The van der Waals surface area contributed by atoms with Crippen molar-refractivity contribution in [2.45, 2.75) is 19.9 Å². The van der Waals surface area contributed by atoms with E-state index in [0.717, 1.165) is 5.56 Å². The SMILES string of the molecule is CCN(C(=O)c1cccc(C#N)c1)C(C)c1ccc(C#N)cc1. The predicted molar refractivity (Wildman–Crippen MR) is 87.4 cm³/mol. The van der Waals surface area contributed by atoms with E-state index < -0.39 is 0 Å². The lowest BCUT2D eigenvalue weighted by Crippen LogP contribution is -2.33. The summed E-state index contributed by atoms with van der Waals surface area (Å²) < 4.78 is 0. The molecule has 0 aliphatic carbocycles. The Morgan fingerprint density at radius 1 is 1.09 bits per heavy atom. The minimum Gasteiger partial charge on any atom is -0.332 e. The highest BCUT2D eigenvalue weighted by Gasteiger charge is 2.21. The number of benzene rings is 2. The summed E-state index contributed by atoms with van der Waals surface area (Å²) in [5.41, 5.74) is 2.54. The molecule has 0 fully saturated rings. The number of nitriles is 2. The lowest BCUT2D eigenvalue weighted by Gasteiger charge is -2.28. The quantitative estimate of drug-likeness (QED) is 0.865. The van der Waals surface area contributed by atoms with E-state index in [-0.39, 0.29) is 11.9 Å². The maximum Gasteiger partial charge on any atom is 0.254 e. The normalized spacial score (nSPS) is 11.1. The first-order valence-corrected chi connectivity index (χ1v) is 7.42. The van der Waals surface area contributed by atoms with E-state index in [0.29, 0.717) is 23.2 Å². The second-order valence-electron chi connectivity index (χ2n) is 5.19. The minimum atomic E-state index is -0.119. The Hall–Kier alpha value is -3.11. The molecule has 1 atom stereocenters. The Labute approximate surface area is 136 Å². The van der Waals surface area contributed by atoms with Crippen LogP contribution in [0.4, 0.5) is 0 Å². The zero-order valence-electron chi connectivity index (χ0n) is 13.2. The summed E-state index contributed by atoms with van der Waals surface area (Å²) in [7, 11) is 0. The molecule has 1 amide bonds. The van der Waals surface area contributed by atoms with Gasteiger partial charge in [-0.3, -0.25) is 4.79 Å². The molecule has 0 aromatic heterocycles. The summed E-state index contributed by atoms with van der Waals surface area (Å²) in [6.07, 6.45) is 0. The number of carbonyl (C=O) groups excluding carboxylic acids is 1. The molecule has 2 aromatic carbocycles. The van der Waals surface area contributed by atoms with Crippen molar-refractivity contribution in [1.29, 1.82) is 10.5 Å². The third kappa shape index (κ3) is 3.56. The molecule has 23 heavy (non-hydrogen) atoms. The Kier molecular flexibility index (Phi) is 5.12. The van der Waals surface area contributed by atoms with Gasteiger partial charge in [0.1, 0.15) is 0 Å². The van der Waals surface area contributed by atoms with E-state index in [1.807, 2.05) is 26.0 Å². The van der Waals surface area contributed by atoms with E-state index >= 15 is 0 Å². The first-order chi connectivity index (χ1) is 11.1. The van der Waals surface area contributed by atoms with Gasteiger partial charge in [-0.05, 0) is 49.7 Å². The second kappa shape index (κ2) is 7.24. The first kappa shape index (κ1) is 16.3. The van der Waals surface area contributed by atoms with Crippen molar-refractivity contribution in [2.75, 3.05) is 6.54 Å². The van der Waals surface area contributed by atoms with Crippen LogP contribution in [0.5, 0.6) is 0 Å². The van der Waals surface area contributed by atoms with Crippen molar-refractivity contribution in [3.63, 3.8) is 0 Å². The average Bonchev–Trinajstić information content (AvgIpc) is 2.62. The van der Waals surface area contributed by atoms with E-state index in [4.69, 9.17) is 10.5 Å². The third-order valence-corrected chi connectivity index (χ3v) is 3.83. The van der Waals surface area contributed by atoms with Crippen LogP contribution in [0.1, 0.15) is 46.9 Å². The number of nitrogens with zero attached hydrogens (tertiary/aromatic N) is 3. The van der Waals surface area contributed by atoms with Crippen molar-refractivity contribution in [3.8, 4) is 12.1 Å². The van der Waals surface area contributed by atoms with Crippen LogP contribution in [0.25, 0.3) is 0 Å². The van der Waals surface area contributed by atoms with Crippen LogP contribution in [0.3, 0.4) is 0 Å². The highest BCUT2D eigenvalue weighted by atomic mass is 16.2. The molecule has 0 saturated heterocycles. The lowest BCUT2D eigenvalue weighted by molar-refractivity contribution is 0.0702. The average molecular weight is 303 g/mol. The third-order valence-electron chi connectivity index (χ3n) is 3.83. The minimum absolute atomic E-state index is 0.110. The van der Waals surface area contributed by atoms with Gasteiger partial charge in [0.05, 0.1) is 29.3 Å². The van der Waals surface area contributed by atoms with Gasteiger partial charge in [-0.1, -0.05) is 18.2 Å². The lowest BCUT2D eigenvalue weighted by atomic mass is 10.0. The molecule has 0 spiro atoms. The highest BCUT2D eigenvalue weighted by Crippen LogP contribution is 2.22. The number of hydrogen-bond acceptors (Lipinski definition) is 3. The van der Waals surface area contributed by atoms with Gasteiger partial charge in [0.15, 0.2) is 0 Å². The molecule has 4 nitrogen and oxygen atoms in total. The summed E-state index contributed by atoms with van der Waals surface area (Å²) in [5, 5.41) is 17.8. The fourth-order valence-electron chi connectivity index (χ4n) is 2.50. The largest absolute Gasteiger partial charge is 0.332 e. The van der Waals surface area contributed by atoms with Crippen LogP contribution in [0, 0.1) is 22.7 Å². The molecule has 1 unspecified atom stereocenters. The molecule has 0 heterocycles. The molecule has 2 aromatic rings. The van der Waals surface area contributed by atoms with Crippen molar-refractivity contribution in [1.82, 2.24) is 4.90 Å². The van der Waals surface area contributed by atoms with Crippen molar-refractivity contribution in [3.05, 3.63) is 70.8 Å². The summed E-state index contributed by atoms with van der Waals surface area (Å²) in [4.78, 5) is 14.5. The van der Waals surface area contributed by atoms with Gasteiger partial charge in [0.25, 0.3) is 5.91 Å². The van der Waals surface area contributed by atoms with E-state index in [1.165, 1.54) is 0 Å². The molecule has 0 radical (unpaired) electrons. The van der Waals surface area contributed by atoms with Crippen LogP contribution < -0.4 is 0 Å². The summed E-state index contributed by atoms with van der Waals surface area (Å²) in [6.45, 7) is 4.43. The van der Waals surface area contributed by atoms with E-state index in [2.05, 4.69) is 12.1 Å². The molecule has 0 aliphatic heterocycles. The molecule has 0 saturated carbocycles. The smallest absolute Gasteiger partial charge is 0.254 e. The van der Waals surface area contributed by atoms with Crippen LogP contribution in [-0.4, -0.2) is 17.4 Å². The topological polar surface area (TPSA) is 67.9 Å². The maximum atomic E-state index is 12.7. The van der Waals surface area contributed by atoms with Crippen LogP contribution in [0.15, 0.2) is 48.5 Å². The number of carbonyl (C=O) groups is 1. The fourth-order valence-corrected chi connectivity index (χ4v) is 2.50. The molecule has 0 N–H and O–H groups in total. The molecule has 114 valence electrons. The zero-order chi connectivity index (χ0) is 16.8. The molecule has 4 heteroatoms.